The summed E-state index contributed by atoms with van der Waals surface area (Å²) in [6, 6.07) is 6.10. The van der Waals surface area contributed by atoms with Gasteiger partial charge in [0, 0.05) is 11.1 Å². The van der Waals surface area contributed by atoms with E-state index in [0.717, 1.165) is 23.0 Å². The zero-order valence-electron chi connectivity index (χ0n) is 15.5. The van der Waals surface area contributed by atoms with Gasteiger partial charge in [-0.15, -0.1) is 0 Å². The van der Waals surface area contributed by atoms with Gasteiger partial charge in [0.25, 0.3) is 0 Å². The maximum atomic E-state index is 13.1. The molecule has 0 saturated heterocycles. The Balaban J connectivity index is 1.27. The van der Waals surface area contributed by atoms with E-state index in [1.54, 1.807) is 12.1 Å². The summed E-state index contributed by atoms with van der Waals surface area (Å²) < 4.78 is 24.2. The number of hydrogen-bond donors (Lipinski definition) is 0. The molecule has 4 aliphatic rings. The summed E-state index contributed by atoms with van der Waals surface area (Å²) in [6.45, 7) is 2.03. The number of hydrogen-bond acceptors (Lipinski definition) is 4. The number of esters is 1. The third kappa shape index (κ3) is 2.97. The molecule has 4 fully saturated rings. The van der Waals surface area contributed by atoms with Crippen LogP contribution in [0.3, 0.4) is 0 Å². The van der Waals surface area contributed by atoms with Crippen molar-refractivity contribution in [3.05, 3.63) is 41.3 Å². The van der Waals surface area contributed by atoms with E-state index in [-0.39, 0.29) is 24.3 Å². The molecule has 0 unspecified atom stereocenters. The highest BCUT2D eigenvalue weighted by Gasteiger charge is 2.51. The number of halogens is 1. The van der Waals surface area contributed by atoms with Crippen LogP contribution >= 0.6 is 0 Å². The van der Waals surface area contributed by atoms with Gasteiger partial charge in [0.2, 0.25) is 0 Å². The van der Waals surface area contributed by atoms with E-state index in [1.807, 2.05) is 6.92 Å². The van der Waals surface area contributed by atoms with Crippen molar-refractivity contribution in [2.45, 2.75) is 45.6 Å². The average molecular weight is 369 g/mol. The molecule has 0 N–H and O–H groups in total. The minimum absolute atomic E-state index is 0.0606. The van der Waals surface area contributed by atoms with Crippen LogP contribution in [0.5, 0.6) is 0 Å². The summed E-state index contributed by atoms with van der Waals surface area (Å²) in [5.41, 5.74) is 2.23. The number of rotatable bonds is 4. The van der Waals surface area contributed by atoms with Gasteiger partial charge in [-0.3, -0.25) is 4.79 Å². The quantitative estimate of drug-likeness (QED) is 0.719. The van der Waals surface area contributed by atoms with Crippen molar-refractivity contribution >= 4 is 5.97 Å². The van der Waals surface area contributed by atoms with Crippen LogP contribution in [0.2, 0.25) is 0 Å². The smallest absolute Gasteiger partial charge is 0.309 e. The number of carbonyl (C=O) groups excluding carboxylic acids is 1. The minimum Gasteiger partial charge on any atom is -0.459 e. The summed E-state index contributed by atoms with van der Waals surface area (Å²) in [5, 5.41) is 4.08. The van der Waals surface area contributed by atoms with Gasteiger partial charge in [-0.05, 0) is 87.0 Å². The molecule has 1 aromatic heterocycles. The first-order valence-corrected chi connectivity index (χ1v) is 9.96. The second kappa shape index (κ2) is 6.47. The van der Waals surface area contributed by atoms with Crippen LogP contribution in [0.25, 0.3) is 11.3 Å². The first-order chi connectivity index (χ1) is 13.1. The van der Waals surface area contributed by atoms with E-state index in [4.69, 9.17) is 9.26 Å². The first-order valence-electron chi connectivity index (χ1n) is 9.96. The van der Waals surface area contributed by atoms with Crippen LogP contribution in [-0.2, 0) is 16.1 Å². The summed E-state index contributed by atoms with van der Waals surface area (Å²) in [4.78, 5) is 12.8. The molecule has 142 valence electrons. The molecule has 1 aromatic carbocycles. The van der Waals surface area contributed by atoms with Crippen molar-refractivity contribution in [3.63, 3.8) is 0 Å². The second-order valence-electron chi connectivity index (χ2n) is 8.65. The van der Waals surface area contributed by atoms with Crippen LogP contribution in [0.1, 0.15) is 43.4 Å². The van der Waals surface area contributed by atoms with Crippen molar-refractivity contribution in [3.8, 4) is 11.3 Å². The summed E-state index contributed by atoms with van der Waals surface area (Å²) in [7, 11) is 0. The van der Waals surface area contributed by atoms with Gasteiger partial charge >= 0.3 is 5.97 Å². The number of carbonyl (C=O) groups is 1. The van der Waals surface area contributed by atoms with E-state index in [9.17, 15) is 9.18 Å². The van der Waals surface area contributed by atoms with E-state index in [0.29, 0.717) is 23.3 Å². The predicted octanol–water partition coefficient (Wildman–Crippen LogP) is 4.90. The lowest BCUT2D eigenvalue weighted by Gasteiger charge is -2.53. The van der Waals surface area contributed by atoms with Crippen LogP contribution in [0.15, 0.2) is 28.8 Å². The fraction of sp³-hybridized carbons (Fsp3) is 0.545. The first kappa shape index (κ1) is 17.0. The molecule has 5 heteroatoms. The highest BCUT2D eigenvalue weighted by molar-refractivity contribution is 5.73. The molecule has 27 heavy (non-hydrogen) atoms. The highest BCUT2D eigenvalue weighted by atomic mass is 19.1. The van der Waals surface area contributed by atoms with Gasteiger partial charge in [-0.1, -0.05) is 5.16 Å². The monoisotopic (exact) mass is 369 g/mol. The average Bonchev–Trinajstić information content (AvgIpc) is 3.00. The molecule has 0 aliphatic heterocycles. The Morgan fingerprint density at radius 1 is 1.11 bits per heavy atom. The Kier molecular flexibility index (Phi) is 4.06. The molecule has 0 atom stereocenters. The fourth-order valence-electron chi connectivity index (χ4n) is 5.92. The Morgan fingerprint density at radius 2 is 1.74 bits per heavy atom. The molecule has 1 heterocycles. The van der Waals surface area contributed by atoms with Crippen LogP contribution in [0.4, 0.5) is 4.39 Å². The number of aromatic nitrogens is 1. The summed E-state index contributed by atoms with van der Waals surface area (Å²) in [6.07, 6.45) is 6.17. The predicted molar refractivity (Wildman–Crippen MR) is 97.0 cm³/mol. The van der Waals surface area contributed by atoms with Crippen molar-refractivity contribution < 1.29 is 18.4 Å². The Hall–Kier alpha value is -2.17. The third-order valence-corrected chi connectivity index (χ3v) is 6.98. The van der Waals surface area contributed by atoms with Crippen molar-refractivity contribution in [1.82, 2.24) is 5.16 Å². The SMILES string of the molecule is Cc1c(COC(=O)C2C3CC4CC(C3)CC2C4)noc1-c1ccc(F)cc1. The van der Waals surface area contributed by atoms with Crippen LogP contribution < -0.4 is 0 Å². The molecule has 4 saturated carbocycles. The molecule has 2 aromatic rings. The minimum atomic E-state index is -0.291. The molecule has 4 bridgehead atoms. The standard InChI is InChI=1S/C22H24FNO3/c1-12-19(24-27-21(12)15-2-4-18(23)5-3-15)11-26-22(25)20-16-7-13-6-14(9-16)10-17(20)8-13/h2-5,13-14,16-17,20H,6-11H2,1H3. The Labute approximate surface area is 158 Å². The molecule has 6 rings (SSSR count). The maximum Gasteiger partial charge on any atom is 0.309 e. The third-order valence-electron chi connectivity index (χ3n) is 6.98. The second-order valence-corrected chi connectivity index (χ2v) is 8.65. The van der Waals surface area contributed by atoms with Gasteiger partial charge in [0.05, 0.1) is 5.92 Å². The van der Waals surface area contributed by atoms with Gasteiger partial charge in [0.1, 0.15) is 18.1 Å². The molecule has 0 amide bonds. The van der Waals surface area contributed by atoms with E-state index in [1.165, 1.54) is 44.2 Å². The molecular weight excluding hydrogens is 345 g/mol. The van der Waals surface area contributed by atoms with Crippen molar-refractivity contribution in [2.24, 2.45) is 29.6 Å². The largest absolute Gasteiger partial charge is 0.459 e. The van der Waals surface area contributed by atoms with Crippen molar-refractivity contribution in [1.29, 1.82) is 0 Å². The lowest BCUT2D eigenvalue weighted by atomic mass is 9.52. The Morgan fingerprint density at radius 3 is 2.37 bits per heavy atom. The van der Waals surface area contributed by atoms with Gasteiger partial charge in [0.15, 0.2) is 5.76 Å². The van der Waals surface area contributed by atoms with Gasteiger partial charge in [-0.2, -0.15) is 0 Å². The van der Waals surface area contributed by atoms with Gasteiger partial charge < -0.3 is 9.26 Å². The number of nitrogens with zero attached hydrogens (tertiary/aromatic N) is 1. The van der Waals surface area contributed by atoms with Gasteiger partial charge in [-0.25, -0.2) is 4.39 Å². The topological polar surface area (TPSA) is 52.3 Å². The fourth-order valence-corrected chi connectivity index (χ4v) is 5.92. The summed E-state index contributed by atoms with van der Waals surface area (Å²) in [5.74, 6) is 3.02. The molecule has 4 aliphatic carbocycles. The number of benzene rings is 1. The van der Waals surface area contributed by atoms with Crippen molar-refractivity contribution in [2.75, 3.05) is 0 Å². The zero-order valence-corrected chi connectivity index (χ0v) is 15.5. The van der Waals surface area contributed by atoms with E-state index in [2.05, 4.69) is 5.16 Å². The molecular formula is C22H24FNO3. The number of ether oxygens (including phenoxy) is 1. The highest BCUT2D eigenvalue weighted by Crippen LogP contribution is 2.56. The van der Waals surface area contributed by atoms with E-state index >= 15 is 0 Å². The Bertz CT molecular complexity index is 829. The van der Waals surface area contributed by atoms with E-state index < -0.39 is 0 Å². The zero-order chi connectivity index (χ0) is 18.5. The van der Waals surface area contributed by atoms with Crippen LogP contribution in [-0.4, -0.2) is 11.1 Å². The lowest BCUT2D eigenvalue weighted by Crippen LogP contribution is -2.48. The normalized spacial score (nSPS) is 31.3. The molecule has 4 nitrogen and oxygen atoms in total. The van der Waals surface area contributed by atoms with Crippen LogP contribution in [0, 0.1) is 42.3 Å². The lowest BCUT2D eigenvalue weighted by molar-refractivity contribution is -0.164. The molecule has 0 radical (unpaired) electrons. The summed E-state index contributed by atoms with van der Waals surface area (Å²) >= 11 is 0. The molecule has 0 spiro atoms. The maximum absolute atomic E-state index is 13.1.